The van der Waals surface area contributed by atoms with Gasteiger partial charge in [-0.2, -0.15) is 0 Å². The molecular weight excluding hydrogens is 302 g/mol. The molecule has 0 radical (unpaired) electrons. The highest BCUT2D eigenvalue weighted by molar-refractivity contribution is 7.99. The van der Waals surface area contributed by atoms with Crippen LogP contribution in [-0.2, 0) is 17.6 Å². The van der Waals surface area contributed by atoms with Crippen molar-refractivity contribution in [1.29, 1.82) is 0 Å². The van der Waals surface area contributed by atoms with E-state index in [4.69, 9.17) is 0 Å². The molecular formula is C20H23NOS. The number of nitrogens with one attached hydrogen (secondary N) is 1. The highest BCUT2D eigenvalue weighted by Crippen LogP contribution is 2.36. The van der Waals surface area contributed by atoms with Gasteiger partial charge in [-0.05, 0) is 72.2 Å². The standard InChI is InChI=1S/C20H23NOS/c22-19(21-16-6-2-7-16)12-10-15-5-1-4-14-9-11-18-17(20(14)15)8-3-13-23-18/h1,4-5,9,11,16H,2-3,6-8,10,12-13H2,(H,21,22). The SMILES string of the molecule is O=C(CCc1cccc2ccc3c(c12)CCCS3)NC1CCC1. The Labute approximate surface area is 142 Å². The van der Waals surface area contributed by atoms with Crippen LogP contribution in [0.3, 0.4) is 0 Å². The summed E-state index contributed by atoms with van der Waals surface area (Å²) in [5, 5.41) is 5.89. The van der Waals surface area contributed by atoms with Gasteiger partial charge in [0, 0.05) is 17.4 Å². The van der Waals surface area contributed by atoms with Gasteiger partial charge in [0.15, 0.2) is 0 Å². The zero-order chi connectivity index (χ0) is 15.6. The van der Waals surface area contributed by atoms with E-state index in [9.17, 15) is 4.79 Å². The molecule has 1 saturated carbocycles. The average Bonchev–Trinajstić information content (AvgIpc) is 2.56. The largest absolute Gasteiger partial charge is 0.353 e. The minimum absolute atomic E-state index is 0.214. The zero-order valence-corrected chi connectivity index (χ0v) is 14.3. The van der Waals surface area contributed by atoms with Gasteiger partial charge in [-0.25, -0.2) is 0 Å². The van der Waals surface area contributed by atoms with Crippen molar-refractivity contribution in [1.82, 2.24) is 5.32 Å². The van der Waals surface area contributed by atoms with Crippen molar-refractivity contribution < 1.29 is 4.79 Å². The van der Waals surface area contributed by atoms with E-state index in [1.807, 2.05) is 11.8 Å². The van der Waals surface area contributed by atoms with Crippen molar-refractivity contribution in [3.8, 4) is 0 Å². The summed E-state index contributed by atoms with van der Waals surface area (Å²) in [5.41, 5.74) is 2.85. The van der Waals surface area contributed by atoms with Gasteiger partial charge in [0.25, 0.3) is 0 Å². The number of hydrogen-bond acceptors (Lipinski definition) is 2. The summed E-state index contributed by atoms with van der Waals surface area (Å²) >= 11 is 1.98. The summed E-state index contributed by atoms with van der Waals surface area (Å²) in [6.07, 6.45) is 7.45. The lowest BCUT2D eigenvalue weighted by Crippen LogP contribution is -2.39. The van der Waals surface area contributed by atoms with Gasteiger partial charge < -0.3 is 5.32 Å². The predicted octanol–water partition coefficient (Wildman–Crippen LogP) is 4.48. The molecule has 2 aliphatic rings. The minimum atomic E-state index is 0.214. The monoisotopic (exact) mass is 325 g/mol. The molecule has 1 fully saturated rings. The van der Waals surface area contributed by atoms with Crippen LogP contribution in [0.1, 0.15) is 43.2 Å². The van der Waals surface area contributed by atoms with Crippen LogP contribution in [0.2, 0.25) is 0 Å². The molecule has 0 unspecified atom stereocenters. The maximum Gasteiger partial charge on any atom is 0.220 e. The molecule has 2 nitrogen and oxygen atoms in total. The fourth-order valence-corrected chi connectivity index (χ4v) is 4.69. The summed E-state index contributed by atoms with van der Waals surface area (Å²) in [4.78, 5) is 13.6. The molecule has 0 saturated heterocycles. The highest BCUT2D eigenvalue weighted by atomic mass is 32.2. The van der Waals surface area contributed by atoms with Gasteiger partial charge in [-0.15, -0.1) is 11.8 Å². The summed E-state index contributed by atoms with van der Waals surface area (Å²) in [6, 6.07) is 11.5. The normalized spacial score (nSPS) is 17.6. The van der Waals surface area contributed by atoms with Gasteiger partial charge in [-0.1, -0.05) is 24.3 Å². The Morgan fingerprint density at radius 1 is 1.17 bits per heavy atom. The molecule has 0 spiro atoms. The highest BCUT2D eigenvalue weighted by Gasteiger charge is 2.20. The fourth-order valence-electron chi connectivity index (χ4n) is 3.64. The zero-order valence-electron chi connectivity index (χ0n) is 13.4. The molecule has 23 heavy (non-hydrogen) atoms. The van der Waals surface area contributed by atoms with Crippen molar-refractivity contribution in [2.24, 2.45) is 0 Å². The topological polar surface area (TPSA) is 29.1 Å². The van der Waals surface area contributed by atoms with E-state index >= 15 is 0 Å². The van der Waals surface area contributed by atoms with Gasteiger partial charge >= 0.3 is 0 Å². The van der Waals surface area contributed by atoms with Crippen LogP contribution in [0.15, 0.2) is 35.2 Å². The maximum atomic E-state index is 12.1. The molecule has 0 atom stereocenters. The Kier molecular flexibility index (Phi) is 4.30. The van der Waals surface area contributed by atoms with Crippen LogP contribution in [0, 0.1) is 0 Å². The van der Waals surface area contributed by atoms with Crippen molar-refractivity contribution in [2.45, 2.75) is 55.9 Å². The Bertz CT molecular complexity index is 736. The summed E-state index contributed by atoms with van der Waals surface area (Å²) in [7, 11) is 0. The first-order chi connectivity index (χ1) is 11.3. The van der Waals surface area contributed by atoms with Gasteiger partial charge in [0.1, 0.15) is 0 Å². The third-order valence-electron chi connectivity index (χ3n) is 5.12. The molecule has 2 aromatic carbocycles. The quantitative estimate of drug-likeness (QED) is 0.898. The molecule has 4 rings (SSSR count). The number of amides is 1. The Balaban J connectivity index is 1.57. The predicted molar refractivity (Wildman–Crippen MR) is 97.1 cm³/mol. The third-order valence-corrected chi connectivity index (χ3v) is 6.30. The number of thioether (sulfide) groups is 1. The summed E-state index contributed by atoms with van der Waals surface area (Å²) in [6.45, 7) is 0. The molecule has 1 N–H and O–H groups in total. The summed E-state index contributed by atoms with van der Waals surface area (Å²) < 4.78 is 0. The first-order valence-corrected chi connectivity index (χ1v) is 9.75. The fraction of sp³-hybridized carbons (Fsp3) is 0.450. The number of carbonyl (C=O) groups is 1. The second-order valence-corrected chi connectivity index (χ2v) is 7.84. The van der Waals surface area contributed by atoms with E-state index in [1.54, 1.807) is 0 Å². The number of benzene rings is 2. The van der Waals surface area contributed by atoms with Gasteiger partial charge in [0.05, 0.1) is 0 Å². The lowest BCUT2D eigenvalue weighted by Gasteiger charge is -2.26. The van der Waals surface area contributed by atoms with Crippen molar-refractivity contribution >= 4 is 28.4 Å². The van der Waals surface area contributed by atoms with Crippen LogP contribution >= 0.6 is 11.8 Å². The van der Waals surface area contributed by atoms with Crippen LogP contribution in [0.25, 0.3) is 10.8 Å². The van der Waals surface area contributed by atoms with E-state index in [0.29, 0.717) is 12.5 Å². The Hall–Kier alpha value is -1.48. The molecule has 0 bridgehead atoms. The van der Waals surface area contributed by atoms with Gasteiger partial charge in [-0.3, -0.25) is 4.79 Å². The van der Waals surface area contributed by atoms with E-state index in [2.05, 4.69) is 35.6 Å². The molecule has 0 aromatic heterocycles. The molecule has 1 aliphatic carbocycles. The van der Waals surface area contributed by atoms with Crippen LogP contribution in [0.5, 0.6) is 0 Å². The molecule has 1 aliphatic heterocycles. The maximum absolute atomic E-state index is 12.1. The minimum Gasteiger partial charge on any atom is -0.353 e. The third kappa shape index (κ3) is 3.12. The lowest BCUT2D eigenvalue weighted by atomic mass is 9.92. The van der Waals surface area contributed by atoms with E-state index in [-0.39, 0.29) is 5.91 Å². The van der Waals surface area contributed by atoms with E-state index < -0.39 is 0 Å². The molecule has 120 valence electrons. The number of carbonyl (C=O) groups excluding carboxylic acids is 1. The number of rotatable bonds is 4. The van der Waals surface area contributed by atoms with Crippen molar-refractivity contribution in [2.75, 3.05) is 5.75 Å². The number of fused-ring (bicyclic) bond motifs is 3. The van der Waals surface area contributed by atoms with E-state index in [1.165, 1.54) is 51.8 Å². The molecule has 3 heteroatoms. The Morgan fingerprint density at radius 3 is 2.91 bits per heavy atom. The average molecular weight is 325 g/mol. The second kappa shape index (κ2) is 6.56. The first-order valence-electron chi connectivity index (χ1n) is 8.77. The smallest absolute Gasteiger partial charge is 0.220 e. The van der Waals surface area contributed by atoms with Gasteiger partial charge in [0.2, 0.25) is 5.91 Å². The van der Waals surface area contributed by atoms with Crippen molar-refractivity contribution in [3.05, 3.63) is 41.5 Å². The van der Waals surface area contributed by atoms with Crippen LogP contribution < -0.4 is 5.32 Å². The molecule has 2 aromatic rings. The van der Waals surface area contributed by atoms with E-state index in [0.717, 1.165) is 19.3 Å². The number of aryl methyl sites for hydroxylation is 2. The van der Waals surface area contributed by atoms with Crippen LogP contribution in [-0.4, -0.2) is 17.7 Å². The number of hydrogen-bond donors (Lipinski definition) is 1. The molecule has 1 amide bonds. The lowest BCUT2D eigenvalue weighted by molar-refractivity contribution is -0.122. The second-order valence-electron chi connectivity index (χ2n) is 6.70. The van der Waals surface area contributed by atoms with Crippen molar-refractivity contribution in [3.63, 3.8) is 0 Å². The first kappa shape index (κ1) is 15.1. The molecule has 1 heterocycles. The van der Waals surface area contributed by atoms with Crippen LogP contribution in [0.4, 0.5) is 0 Å². The Morgan fingerprint density at radius 2 is 2.09 bits per heavy atom. The summed E-state index contributed by atoms with van der Waals surface area (Å²) in [5.74, 6) is 1.44.